The summed E-state index contributed by atoms with van der Waals surface area (Å²) in [7, 11) is 1.17. The van der Waals surface area contributed by atoms with Crippen molar-refractivity contribution in [1.29, 1.82) is 0 Å². The third-order valence-corrected chi connectivity index (χ3v) is 5.14. The highest BCUT2D eigenvalue weighted by atomic mass is 16.7. The number of nitrogens with two attached hydrogens (primary N) is 1. The molecule has 0 aromatic heterocycles. The van der Waals surface area contributed by atoms with Crippen molar-refractivity contribution in [2.45, 2.75) is 66.0 Å². The van der Waals surface area contributed by atoms with Crippen LogP contribution in [-0.2, 0) is 35.0 Å². The molecule has 1 rings (SSSR count). The molecule has 1 aromatic rings. The van der Waals surface area contributed by atoms with Crippen LogP contribution >= 0.6 is 0 Å². The zero-order valence-electron chi connectivity index (χ0n) is 20.6. The first kappa shape index (κ1) is 28.9. The predicted molar refractivity (Wildman–Crippen MR) is 122 cm³/mol. The molecule has 10 nitrogen and oxygen atoms in total. The highest BCUT2D eigenvalue weighted by Gasteiger charge is 2.23. The minimum absolute atomic E-state index is 0.0664. The van der Waals surface area contributed by atoms with Crippen LogP contribution in [0.1, 0.15) is 53.0 Å². The van der Waals surface area contributed by atoms with Crippen LogP contribution < -0.4 is 15.2 Å². The van der Waals surface area contributed by atoms with Crippen molar-refractivity contribution in [3.63, 3.8) is 0 Å². The lowest BCUT2D eigenvalue weighted by molar-refractivity contribution is -0.152. The van der Waals surface area contributed by atoms with Crippen molar-refractivity contribution in [3.8, 4) is 11.5 Å². The number of ether oxygens (including phenoxy) is 5. The van der Waals surface area contributed by atoms with E-state index in [1.165, 1.54) is 19.2 Å². The van der Waals surface area contributed by atoms with Crippen LogP contribution in [0.25, 0.3) is 0 Å². The summed E-state index contributed by atoms with van der Waals surface area (Å²) in [5, 5.41) is 0. The molecule has 0 radical (unpaired) electrons. The Balaban J connectivity index is 2.95. The molecule has 0 aliphatic rings. The van der Waals surface area contributed by atoms with E-state index in [2.05, 4.69) is 4.74 Å². The SMILES string of the molecule is CCC(C)C(=O)Oc1ccc(C[C@H](N)C(=O)O[C@@H](C)COC(=O)OC)cc1OC(=O)C(C)CC. The number of carbonyl (C=O) groups is 4. The fourth-order valence-electron chi connectivity index (χ4n) is 2.50. The van der Waals surface area contributed by atoms with Gasteiger partial charge in [-0.25, -0.2) is 4.79 Å². The second kappa shape index (κ2) is 14.2. The standard InChI is InChI=1S/C24H35NO9/c1-7-14(3)21(26)33-19-10-9-17(12-20(19)34-22(27)15(4)8-2)11-18(25)23(28)32-16(5)13-31-24(29)30-6/h9-10,12,14-16,18H,7-8,11,13,25H2,1-6H3/t14?,15?,16-,18-/m0/s1. The van der Waals surface area contributed by atoms with E-state index in [-0.39, 0.29) is 36.4 Å². The molecule has 0 spiro atoms. The average molecular weight is 482 g/mol. The number of rotatable bonds is 12. The highest BCUT2D eigenvalue weighted by Crippen LogP contribution is 2.31. The molecule has 2 unspecified atom stereocenters. The van der Waals surface area contributed by atoms with Crippen molar-refractivity contribution in [3.05, 3.63) is 23.8 Å². The summed E-state index contributed by atoms with van der Waals surface area (Å²) in [6, 6.07) is 3.60. The lowest BCUT2D eigenvalue weighted by Crippen LogP contribution is -2.37. The Morgan fingerprint density at radius 3 is 1.97 bits per heavy atom. The van der Waals surface area contributed by atoms with E-state index >= 15 is 0 Å². The zero-order chi connectivity index (χ0) is 25.8. The molecule has 2 N–H and O–H groups in total. The van der Waals surface area contributed by atoms with Gasteiger partial charge in [-0.05, 0) is 43.9 Å². The quantitative estimate of drug-likeness (QED) is 0.349. The Bertz CT molecular complexity index is 855. The Labute approximate surface area is 200 Å². The van der Waals surface area contributed by atoms with Gasteiger partial charge in [-0.2, -0.15) is 0 Å². The molecule has 0 aliphatic heterocycles. The summed E-state index contributed by atoms with van der Waals surface area (Å²) in [6.07, 6.45) is -0.377. The van der Waals surface area contributed by atoms with Gasteiger partial charge in [0.25, 0.3) is 0 Å². The number of hydrogen-bond acceptors (Lipinski definition) is 10. The molecular formula is C24H35NO9. The molecule has 0 bridgehead atoms. The van der Waals surface area contributed by atoms with Crippen molar-refractivity contribution < 1.29 is 42.9 Å². The van der Waals surface area contributed by atoms with Gasteiger partial charge in [-0.1, -0.05) is 33.8 Å². The van der Waals surface area contributed by atoms with Gasteiger partial charge < -0.3 is 29.4 Å². The monoisotopic (exact) mass is 481 g/mol. The summed E-state index contributed by atoms with van der Waals surface area (Å²) >= 11 is 0. The Morgan fingerprint density at radius 1 is 0.882 bits per heavy atom. The first-order valence-corrected chi connectivity index (χ1v) is 11.2. The molecule has 0 fully saturated rings. The van der Waals surface area contributed by atoms with Crippen molar-refractivity contribution in [1.82, 2.24) is 0 Å². The molecule has 1 aromatic carbocycles. The van der Waals surface area contributed by atoms with E-state index in [1.807, 2.05) is 13.8 Å². The third-order valence-electron chi connectivity index (χ3n) is 5.14. The Hall–Kier alpha value is -3.14. The van der Waals surface area contributed by atoms with Crippen molar-refractivity contribution in [2.75, 3.05) is 13.7 Å². The van der Waals surface area contributed by atoms with E-state index in [0.29, 0.717) is 18.4 Å². The molecule has 0 amide bonds. The molecule has 0 saturated heterocycles. The van der Waals surface area contributed by atoms with Crippen LogP contribution in [0.15, 0.2) is 18.2 Å². The van der Waals surface area contributed by atoms with E-state index in [9.17, 15) is 19.2 Å². The number of benzene rings is 1. The summed E-state index contributed by atoms with van der Waals surface area (Å²) in [6.45, 7) is 8.55. The normalized spacial score (nSPS) is 14.2. The fraction of sp³-hybridized carbons (Fsp3) is 0.583. The molecule has 4 atom stereocenters. The van der Waals surface area contributed by atoms with Gasteiger partial charge in [0.05, 0.1) is 18.9 Å². The second-order valence-corrected chi connectivity index (χ2v) is 8.07. The average Bonchev–Trinajstić information content (AvgIpc) is 2.82. The maximum absolute atomic E-state index is 12.4. The van der Waals surface area contributed by atoms with Crippen LogP contribution in [0, 0.1) is 11.8 Å². The summed E-state index contributed by atoms with van der Waals surface area (Å²) in [5.41, 5.74) is 6.54. The maximum atomic E-state index is 12.4. The van der Waals surface area contributed by atoms with Gasteiger partial charge in [0.2, 0.25) is 0 Å². The van der Waals surface area contributed by atoms with Crippen molar-refractivity contribution in [2.24, 2.45) is 17.6 Å². The third kappa shape index (κ3) is 9.38. The van der Waals surface area contributed by atoms with Crippen LogP contribution in [0.2, 0.25) is 0 Å². The number of carbonyl (C=O) groups excluding carboxylic acids is 4. The number of hydrogen-bond donors (Lipinski definition) is 1. The van der Waals surface area contributed by atoms with E-state index in [1.54, 1.807) is 26.8 Å². The zero-order valence-corrected chi connectivity index (χ0v) is 20.6. The van der Waals surface area contributed by atoms with Gasteiger partial charge in [0.1, 0.15) is 18.8 Å². The van der Waals surface area contributed by atoms with Crippen LogP contribution in [0.5, 0.6) is 11.5 Å². The Kier molecular flexibility index (Phi) is 12.1. The van der Waals surface area contributed by atoms with Crippen LogP contribution in [0.4, 0.5) is 4.79 Å². The molecule has 0 saturated carbocycles. The van der Waals surface area contributed by atoms with E-state index in [4.69, 9.17) is 24.7 Å². The van der Waals surface area contributed by atoms with E-state index < -0.39 is 36.2 Å². The topological polar surface area (TPSA) is 140 Å². The Morgan fingerprint density at radius 2 is 1.44 bits per heavy atom. The summed E-state index contributed by atoms with van der Waals surface area (Å²) < 4.78 is 25.2. The highest BCUT2D eigenvalue weighted by molar-refractivity contribution is 5.79. The summed E-state index contributed by atoms with van der Waals surface area (Å²) in [4.78, 5) is 47.9. The molecule has 190 valence electrons. The van der Waals surface area contributed by atoms with Crippen LogP contribution in [-0.4, -0.2) is 49.9 Å². The first-order valence-electron chi connectivity index (χ1n) is 11.2. The largest absolute Gasteiger partial charge is 0.508 e. The molecule has 0 heterocycles. The van der Waals surface area contributed by atoms with Gasteiger partial charge in [0, 0.05) is 0 Å². The fourth-order valence-corrected chi connectivity index (χ4v) is 2.50. The van der Waals surface area contributed by atoms with E-state index in [0.717, 1.165) is 0 Å². The van der Waals surface area contributed by atoms with Gasteiger partial charge >= 0.3 is 24.1 Å². The first-order chi connectivity index (χ1) is 16.0. The molecule has 10 heteroatoms. The minimum Gasteiger partial charge on any atom is -0.458 e. The molecular weight excluding hydrogens is 446 g/mol. The van der Waals surface area contributed by atoms with Gasteiger partial charge in [-0.15, -0.1) is 0 Å². The summed E-state index contributed by atoms with van der Waals surface area (Å²) in [5.74, 6) is -2.12. The maximum Gasteiger partial charge on any atom is 0.508 e. The molecule has 34 heavy (non-hydrogen) atoms. The predicted octanol–water partition coefficient (Wildman–Crippen LogP) is 3.17. The van der Waals surface area contributed by atoms with Gasteiger partial charge in [-0.3, -0.25) is 14.4 Å². The second-order valence-electron chi connectivity index (χ2n) is 8.07. The van der Waals surface area contributed by atoms with Gasteiger partial charge in [0.15, 0.2) is 11.5 Å². The molecule has 0 aliphatic carbocycles. The van der Waals surface area contributed by atoms with Crippen molar-refractivity contribution >= 4 is 24.1 Å². The lowest BCUT2D eigenvalue weighted by atomic mass is 10.1. The van der Waals surface area contributed by atoms with Crippen LogP contribution in [0.3, 0.4) is 0 Å². The smallest absolute Gasteiger partial charge is 0.458 e. The number of methoxy groups -OCH3 is 1. The minimum atomic E-state index is -1.03. The lowest BCUT2D eigenvalue weighted by Gasteiger charge is -2.18. The number of esters is 3.